The van der Waals surface area contributed by atoms with Crippen molar-refractivity contribution < 1.29 is 19.4 Å². The first-order chi connectivity index (χ1) is 18.7. The highest BCUT2D eigenvalue weighted by atomic mass is 35.5. The van der Waals surface area contributed by atoms with Gasteiger partial charge in [0.2, 0.25) is 5.91 Å². The number of aliphatic hydroxyl groups is 1. The maximum atomic E-state index is 13.7. The molecule has 0 saturated heterocycles. The predicted molar refractivity (Wildman–Crippen MR) is 156 cm³/mol. The molecule has 2 aromatic carbocycles. The van der Waals surface area contributed by atoms with E-state index in [4.69, 9.17) is 27.9 Å². The number of hydrogen-bond donors (Lipinski definition) is 2. The predicted octanol–water partition coefficient (Wildman–Crippen LogP) is 5.86. The van der Waals surface area contributed by atoms with Gasteiger partial charge in [-0.3, -0.25) is 14.5 Å². The van der Waals surface area contributed by atoms with Crippen LogP contribution in [0.15, 0.2) is 36.4 Å². The lowest BCUT2D eigenvalue weighted by atomic mass is 9.88. The quantitative estimate of drug-likeness (QED) is 0.411. The molecule has 2 aliphatic rings. The van der Waals surface area contributed by atoms with Crippen LogP contribution in [0.2, 0.25) is 10.0 Å². The smallest absolute Gasteiger partial charge is 0.258 e. The number of fused-ring (bicyclic) bond motifs is 1. The zero-order valence-corrected chi connectivity index (χ0v) is 24.5. The molecule has 1 aliphatic carbocycles. The molecular weight excluding hydrogens is 537 g/mol. The minimum atomic E-state index is -0.360. The number of anilines is 1. The Hall–Kier alpha value is -2.32. The van der Waals surface area contributed by atoms with Gasteiger partial charge in [-0.2, -0.15) is 0 Å². The van der Waals surface area contributed by atoms with Crippen LogP contribution in [-0.2, 0) is 11.3 Å². The molecule has 4 rings (SSSR count). The Kier molecular flexibility index (Phi) is 10.2. The summed E-state index contributed by atoms with van der Waals surface area (Å²) >= 11 is 12.3. The fourth-order valence-electron chi connectivity index (χ4n) is 5.48. The Morgan fingerprint density at radius 2 is 1.92 bits per heavy atom. The molecule has 0 spiro atoms. The van der Waals surface area contributed by atoms with Crippen molar-refractivity contribution in [3.63, 3.8) is 0 Å². The summed E-state index contributed by atoms with van der Waals surface area (Å²) in [7, 11) is 2.01. The third-order valence-electron chi connectivity index (χ3n) is 7.85. The van der Waals surface area contributed by atoms with Crippen LogP contribution < -0.4 is 10.1 Å². The van der Waals surface area contributed by atoms with E-state index in [9.17, 15) is 14.7 Å². The van der Waals surface area contributed by atoms with Crippen molar-refractivity contribution in [2.45, 2.75) is 64.6 Å². The van der Waals surface area contributed by atoms with E-state index in [1.807, 2.05) is 26.1 Å². The third-order valence-corrected chi connectivity index (χ3v) is 8.59. The van der Waals surface area contributed by atoms with Gasteiger partial charge in [-0.1, -0.05) is 61.5 Å². The third kappa shape index (κ3) is 7.26. The molecule has 0 bridgehead atoms. The summed E-state index contributed by atoms with van der Waals surface area (Å²) in [5.41, 5.74) is 1.93. The van der Waals surface area contributed by atoms with E-state index in [0.29, 0.717) is 46.7 Å². The van der Waals surface area contributed by atoms with Gasteiger partial charge < -0.3 is 20.1 Å². The minimum absolute atomic E-state index is 0.0249. The average molecular weight is 577 g/mol. The highest BCUT2D eigenvalue weighted by molar-refractivity contribution is 6.42. The number of amides is 2. The molecule has 0 aromatic heterocycles. The molecule has 1 heterocycles. The highest BCUT2D eigenvalue weighted by Crippen LogP contribution is 2.36. The largest absolute Gasteiger partial charge is 0.486 e. The van der Waals surface area contributed by atoms with E-state index in [1.54, 1.807) is 29.2 Å². The van der Waals surface area contributed by atoms with E-state index in [-0.39, 0.29) is 42.4 Å². The van der Waals surface area contributed by atoms with Gasteiger partial charge in [-0.05, 0) is 56.6 Å². The second kappa shape index (κ2) is 13.4. The molecule has 9 heteroatoms. The molecule has 2 aromatic rings. The normalized spacial score (nSPS) is 21.1. The molecule has 7 nitrogen and oxygen atoms in total. The van der Waals surface area contributed by atoms with Crippen molar-refractivity contribution in [2.24, 2.45) is 11.8 Å². The SMILES string of the molecule is C[C@@H]1CN([C@H](C)CO)C(=O)c2cccc(NC(=O)C3CCCCC3)c2O[C@@H]1CN(C)Cc1ccc(Cl)c(Cl)c1. The summed E-state index contributed by atoms with van der Waals surface area (Å²) in [6.45, 7) is 5.38. The summed E-state index contributed by atoms with van der Waals surface area (Å²) in [4.78, 5) is 30.7. The number of para-hydroxylation sites is 1. The van der Waals surface area contributed by atoms with E-state index >= 15 is 0 Å². The molecule has 0 radical (unpaired) electrons. The number of hydrogen-bond acceptors (Lipinski definition) is 5. The van der Waals surface area contributed by atoms with Crippen molar-refractivity contribution in [3.05, 3.63) is 57.6 Å². The molecular formula is C30H39Cl2N3O4. The lowest BCUT2D eigenvalue weighted by Gasteiger charge is -2.38. The van der Waals surface area contributed by atoms with Gasteiger partial charge in [-0.25, -0.2) is 0 Å². The van der Waals surface area contributed by atoms with Crippen LogP contribution in [0.4, 0.5) is 5.69 Å². The summed E-state index contributed by atoms with van der Waals surface area (Å²) in [5.74, 6) is 0.0745. The molecule has 1 aliphatic heterocycles. The number of ether oxygens (including phenoxy) is 1. The number of nitrogens with one attached hydrogen (secondary N) is 1. The van der Waals surface area contributed by atoms with Gasteiger partial charge in [0, 0.05) is 31.5 Å². The van der Waals surface area contributed by atoms with Crippen molar-refractivity contribution in [2.75, 3.05) is 32.1 Å². The van der Waals surface area contributed by atoms with Gasteiger partial charge in [0.05, 0.1) is 33.9 Å². The van der Waals surface area contributed by atoms with Crippen molar-refractivity contribution in [3.8, 4) is 5.75 Å². The van der Waals surface area contributed by atoms with Crippen LogP contribution in [-0.4, -0.2) is 65.6 Å². The summed E-state index contributed by atoms with van der Waals surface area (Å²) in [6.07, 6.45) is 4.74. The van der Waals surface area contributed by atoms with Crippen LogP contribution >= 0.6 is 23.2 Å². The zero-order valence-electron chi connectivity index (χ0n) is 23.0. The second-order valence-corrected chi connectivity index (χ2v) is 11.9. The van der Waals surface area contributed by atoms with Gasteiger partial charge >= 0.3 is 0 Å². The fourth-order valence-corrected chi connectivity index (χ4v) is 5.80. The molecule has 3 atom stereocenters. The van der Waals surface area contributed by atoms with Crippen molar-refractivity contribution in [1.82, 2.24) is 9.80 Å². The summed E-state index contributed by atoms with van der Waals surface area (Å²) in [5, 5.41) is 14.0. The Morgan fingerprint density at radius 3 is 2.62 bits per heavy atom. The number of likely N-dealkylation sites (N-methyl/N-ethyl adjacent to an activating group) is 1. The van der Waals surface area contributed by atoms with Gasteiger partial charge in [0.1, 0.15) is 6.10 Å². The monoisotopic (exact) mass is 575 g/mol. The molecule has 212 valence electrons. The first kappa shape index (κ1) is 29.7. The average Bonchev–Trinajstić information content (AvgIpc) is 2.93. The lowest BCUT2D eigenvalue weighted by Crippen LogP contribution is -2.49. The fraction of sp³-hybridized carbons (Fsp3) is 0.533. The van der Waals surface area contributed by atoms with Crippen LogP contribution in [0.3, 0.4) is 0 Å². The van der Waals surface area contributed by atoms with Crippen molar-refractivity contribution >= 4 is 40.7 Å². The summed E-state index contributed by atoms with van der Waals surface area (Å²) < 4.78 is 6.64. The van der Waals surface area contributed by atoms with Crippen LogP contribution in [0.5, 0.6) is 5.75 Å². The number of nitrogens with zero attached hydrogens (tertiary/aromatic N) is 2. The van der Waals surface area contributed by atoms with E-state index in [2.05, 4.69) is 17.1 Å². The number of aliphatic hydroxyl groups excluding tert-OH is 1. The number of benzene rings is 2. The van der Waals surface area contributed by atoms with E-state index < -0.39 is 0 Å². The number of rotatable bonds is 8. The van der Waals surface area contributed by atoms with E-state index in [1.165, 1.54) is 0 Å². The molecule has 2 amide bonds. The molecule has 1 saturated carbocycles. The van der Waals surface area contributed by atoms with Crippen LogP contribution in [0.1, 0.15) is 61.9 Å². The van der Waals surface area contributed by atoms with E-state index in [0.717, 1.165) is 37.7 Å². The standard InChI is InChI=1S/C30H39Cl2N3O4/c1-19-15-35(20(2)18-36)30(38)23-10-7-11-26(33-29(37)22-8-5-4-6-9-22)28(23)39-27(19)17-34(3)16-21-12-13-24(31)25(32)14-21/h7,10-14,19-20,22,27,36H,4-6,8-9,15-18H2,1-3H3,(H,33,37)/t19-,20-,27-/m1/s1. The second-order valence-electron chi connectivity index (χ2n) is 11.1. The first-order valence-corrected chi connectivity index (χ1v) is 14.6. The lowest BCUT2D eigenvalue weighted by molar-refractivity contribution is -0.120. The molecule has 0 unspecified atom stereocenters. The van der Waals surface area contributed by atoms with Crippen LogP contribution in [0.25, 0.3) is 0 Å². The van der Waals surface area contributed by atoms with Gasteiger partial charge in [0.15, 0.2) is 5.75 Å². The summed E-state index contributed by atoms with van der Waals surface area (Å²) in [6, 6.07) is 10.5. The maximum absolute atomic E-state index is 13.7. The van der Waals surface area contributed by atoms with Gasteiger partial charge in [-0.15, -0.1) is 0 Å². The Morgan fingerprint density at radius 1 is 1.18 bits per heavy atom. The molecule has 39 heavy (non-hydrogen) atoms. The highest BCUT2D eigenvalue weighted by Gasteiger charge is 2.35. The number of carbonyl (C=O) groups is 2. The Labute approximate surface area is 241 Å². The number of halogens is 2. The number of carbonyl (C=O) groups excluding carboxylic acids is 2. The minimum Gasteiger partial charge on any atom is -0.486 e. The molecule has 1 fully saturated rings. The zero-order chi connectivity index (χ0) is 28.1. The van der Waals surface area contributed by atoms with Crippen molar-refractivity contribution in [1.29, 1.82) is 0 Å². The maximum Gasteiger partial charge on any atom is 0.258 e. The Bertz CT molecular complexity index is 1170. The topological polar surface area (TPSA) is 82.1 Å². The van der Waals surface area contributed by atoms with Gasteiger partial charge in [0.25, 0.3) is 5.91 Å². The molecule has 2 N–H and O–H groups in total. The Balaban J connectivity index is 1.63. The van der Waals surface area contributed by atoms with Crippen LogP contribution in [0, 0.1) is 11.8 Å². The first-order valence-electron chi connectivity index (χ1n) is 13.8.